The first kappa shape index (κ1) is 16.7. The summed E-state index contributed by atoms with van der Waals surface area (Å²) < 4.78 is 5.10. The van der Waals surface area contributed by atoms with Gasteiger partial charge in [0.1, 0.15) is 0 Å². The zero-order valence-corrected chi connectivity index (χ0v) is 13.5. The molecule has 0 saturated heterocycles. The minimum atomic E-state index is -0.486. The number of ether oxygens (including phenoxy) is 1. The molecule has 0 aliphatic heterocycles. The standard InChI is InChI=1S/C19H21NO3/c1-3-20(4-2)17-12-10-16(11-13-17)19(22)23-14-18(21)15-8-6-5-7-9-15/h5-13H,3-4,14H2,1-2H3. The third-order valence-corrected chi connectivity index (χ3v) is 3.66. The zero-order chi connectivity index (χ0) is 16.7. The van der Waals surface area contributed by atoms with Crippen molar-refractivity contribution in [2.45, 2.75) is 13.8 Å². The predicted octanol–water partition coefficient (Wildman–Crippen LogP) is 3.57. The summed E-state index contributed by atoms with van der Waals surface area (Å²) in [4.78, 5) is 26.1. The van der Waals surface area contributed by atoms with Gasteiger partial charge in [-0.2, -0.15) is 0 Å². The van der Waals surface area contributed by atoms with E-state index in [1.807, 2.05) is 18.2 Å². The molecule has 0 fully saturated rings. The molecule has 0 aliphatic rings. The molecule has 0 unspecified atom stereocenters. The third kappa shape index (κ3) is 4.42. The highest BCUT2D eigenvalue weighted by Crippen LogP contribution is 2.15. The van der Waals surface area contributed by atoms with Crippen molar-refractivity contribution in [3.05, 3.63) is 65.7 Å². The van der Waals surface area contributed by atoms with E-state index in [-0.39, 0.29) is 12.4 Å². The summed E-state index contributed by atoms with van der Waals surface area (Å²) in [6.45, 7) is 5.74. The summed E-state index contributed by atoms with van der Waals surface area (Å²) in [5, 5.41) is 0. The van der Waals surface area contributed by atoms with Gasteiger partial charge in [-0.15, -0.1) is 0 Å². The number of carbonyl (C=O) groups is 2. The average Bonchev–Trinajstić information content (AvgIpc) is 2.61. The van der Waals surface area contributed by atoms with Crippen LogP contribution >= 0.6 is 0 Å². The average molecular weight is 311 g/mol. The summed E-state index contributed by atoms with van der Waals surface area (Å²) in [7, 11) is 0. The van der Waals surface area contributed by atoms with Crippen LogP contribution in [0, 0.1) is 0 Å². The highest BCUT2D eigenvalue weighted by Gasteiger charge is 2.12. The van der Waals surface area contributed by atoms with Gasteiger partial charge in [-0.05, 0) is 38.1 Å². The Balaban J connectivity index is 1.94. The van der Waals surface area contributed by atoms with Crippen LogP contribution in [0.3, 0.4) is 0 Å². The normalized spacial score (nSPS) is 10.2. The first-order valence-electron chi connectivity index (χ1n) is 7.76. The van der Waals surface area contributed by atoms with Gasteiger partial charge in [-0.25, -0.2) is 4.79 Å². The molecule has 0 saturated carbocycles. The Labute approximate surface area is 136 Å². The molecule has 2 rings (SSSR count). The maximum Gasteiger partial charge on any atom is 0.338 e. The molecule has 0 N–H and O–H groups in total. The summed E-state index contributed by atoms with van der Waals surface area (Å²) >= 11 is 0. The van der Waals surface area contributed by atoms with E-state index in [0.29, 0.717) is 11.1 Å². The highest BCUT2D eigenvalue weighted by molar-refractivity contribution is 5.99. The van der Waals surface area contributed by atoms with E-state index in [1.165, 1.54) is 0 Å². The summed E-state index contributed by atoms with van der Waals surface area (Å²) in [5.41, 5.74) is 2.05. The quantitative estimate of drug-likeness (QED) is 0.579. The lowest BCUT2D eigenvalue weighted by Crippen LogP contribution is -2.21. The van der Waals surface area contributed by atoms with Gasteiger partial charge in [0.15, 0.2) is 12.4 Å². The van der Waals surface area contributed by atoms with E-state index in [9.17, 15) is 9.59 Å². The van der Waals surface area contributed by atoms with E-state index in [4.69, 9.17) is 4.74 Å². The highest BCUT2D eigenvalue weighted by atomic mass is 16.5. The van der Waals surface area contributed by atoms with Crippen LogP contribution in [0.2, 0.25) is 0 Å². The van der Waals surface area contributed by atoms with Crippen molar-refractivity contribution < 1.29 is 14.3 Å². The van der Waals surface area contributed by atoms with Crippen LogP contribution in [0.4, 0.5) is 5.69 Å². The predicted molar refractivity (Wildman–Crippen MR) is 91.1 cm³/mol. The van der Waals surface area contributed by atoms with E-state index in [0.717, 1.165) is 18.8 Å². The van der Waals surface area contributed by atoms with Crippen molar-refractivity contribution in [1.82, 2.24) is 0 Å². The molecule has 0 bridgehead atoms. The molecule has 2 aromatic carbocycles. The van der Waals surface area contributed by atoms with Crippen LogP contribution in [0.25, 0.3) is 0 Å². The zero-order valence-electron chi connectivity index (χ0n) is 13.5. The number of hydrogen-bond donors (Lipinski definition) is 0. The van der Waals surface area contributed by atoms with E-state index in [2.05, 4.69) is 18.7 Å². The monoisotopic (exact) mass is 311 g/mol. The number of hydrogen-bond acceptors (Lipinski definition) is 4. The SMILES string of the molecule is CCN(CC)c1ccc(C(=O)OCC(=O)c2ccccc2)cc1. The van der Waals surface area contributed by atoms with Crippen molar-refractivity contribution in [3.8, 4) is 0 Å². The molecule has 0 atom stereocenters. The molecule has 0 spiro atoms. The second kappa shape index (κ2) is 8.13. The largest absolute Gasteiger partial charge is 0.454 e. The summed E-state index contributed by atoms with van der Waals surface area (Å²) in [5.74, 6) is -0.695. The van der Waals surface area contributed by atoms with Crippen LogP contribution in [-0.2, 0) is 4.74 Å². The van der Waals surface area contributed by atoms with Gasteiger partial charge >= 0.3 is 5.97 Å². The second-order valence-electron chi connectivity index (χ2n) is 5.08. The lowest BCUT2D eigenvalue weighted by atomic mass is 10.1. The number of benzene rings is 2. The van der Waals surface area contributed by atoms with Crippen LogP contribution in [0.1, 0.15) is 34.6 Å². The lowest BCUT2D eigenvalue weighted by Gasteiger charge is -2.20. The minimum Gasteiger partial charge on any atom is -0.454 e. The van der Waals surface area contributed by atoms with Gasteiger partial charge in [-0.1, -0.05) is 30.3 Å². The topological polar surface area (TPSA) is 46.6 Å². The Morgan fingerprint density at radius 1 is 0.870 bits per heavy atom. The fourth-order valence-corrected chi connectivity index (χ4v) is 2.32. The van der Waals surface area contributed by atoms with Gasteiger partial charge in [-0.3, -0.25) is 4.79 Å². The van der Waals surface area contributed by atoms with Gasteiger partial charge in [0, 0.05) is 24.3 Å². The molecular formula is C19H21NO3. The van der Waals surface area contributed by atoms with E-state index >= 15 is 0 Å². The number of anilines is 1. The molecular weight excluding hydrogens is 290 g/mol. The smallest absolute Gasteiger partial charge is 0.338 e. The lowest BCUT2D eigenvalue weighted by molar-refractivity contribution is 0.0475. The molecule has 0 amide bonds. The molecule has 23 heavy (non-hydrogen) atoms. The van der Waals surface area contributed by atoms with Crippen LogP contribution < -0.4 is 4.90 Å². The minimum absolute atomic E-state index is 0.210. The number of ketones is 1. The summed E-state index contributed by atoms with van der Waals surface area (Å²) in [6.07, 6.45) is 0. The molecule has 120 valence electrons. The Morgan fingerprint density at radius 3 is 2.04 bits per heavy atom. The molecule has 0 aliphatic carbocycles. The maximum absolute atomic E-state index is 12.0. The van der Waals surface area contributed by atoms with Gasteiger partial charge in [0.2, 0.25) is 0 Å². The first-order valence-corrected chi connectivity index (χ1v) is 7.76. The number of esters is 1. The molecule has 0 heterocycles. The van der Waals surface area contributed by atoms with E-state index < -0.39 is 5.97 Å². The Bertz CT molecular complexity index is 646. The molecule has 0 aromatic heterocycles. The van der Waals surface area contributed by atoms with Crippen molar-refractivity contribution in [2.75, 3.05) is 24.6 Å². The molecule has 4 heteroatoms. The van der Waals surface area contributed by atoms with Gasteiger partial charge in [0.05, 0.1) is 5.56 Å². The van der Waals surface area contributed by atoms with Crippen molar-refractivity contribution in [1.29, 1.82) is 0 Å². The Morgan fingerprint density at radius 2 is 1.48 bits per heavy atom. The number of nitrogens with zero attached hydrogens (tertiary/aromatic N) is 1. The number of carbonyl (C=O) groups excluding carboxylic acids is 2. The second-order valence-corrected chi connectivity index (χ2v) is 5.08. The van der Waals surface area contributed by atoms with Crippen LogP contribution in [0.5, 0.6) is 0 Å². The molecule has 4 nitrogen and oxygen atoms in total. The summed E-state index contributed by atoms with van der Waals surface area (Å²) in [6, 6.07) is 16.0. The van der Waals surface area contributed by atoms with Crippen LogP contribution in [0.15, 0.2) is 54.6 Å². The first-order chi connectivity index (χ1) is 11.2. The number of Topliss-reactive ketones (excluding diaryl/α,β-unsaturated/α-hetero) is 1. The van der Waals surface area contributed by atoms with Gasteiger partial charge < -0.3 is 9.64 Å². The van der Waals surface area contributed by atoms with Gasteiger partial charge in [0.25, 0.3) is 0 Å². The molecule has 2 aromatic rings. The van der Waals surface area contributed by atoms with Crippen LogP contribution in [-0.4, -0.2) is 31.4 Å². The Kier molecular flexibility index (Phi) is 5.92. The fraction of sp³-hybridized carbons (Fsp3) is 0.263. The van der Waals surface area contributed by atoms with Crippen molar-refractivity contribution in [3.63, 3.8) is 0 Å². The maximum atomic E-state index is 12.0. The fourth-order valence-electron chi connectivity index (χ4n) is 2.32. The third-order valence-electron chi connectivity index (χ3n) is 3.66. The number of rotatable bonds is 7. The van der Waals surface area contributed by atoms with Crippen molar-refractivity contribution in [2.24, 2.45) is 0 Å². The van der Waals surface area contributed by atoms with E-state index in [1.54, 1.807) is 36.4 Å². The van der Waals surface area contributed by atoms with Crippen molar-refractivity contribution >= 4 is 17.4 Å². The molecule has 0 radical (unpaired) electrons. The Hall–Kier alpha value is -2.62.